The molecule has 2 N–H and O–H groups in total. The van der Waals surface area contributed by atoms with Crippen LogP contribution in [0.1, 0.15) is 5.56 Å². The highest BCUT2D eigenvalue weighted by Gasteiger charge is 2.06. The van der Waals surface area contributed by atoms with Crippen molar-refractivity contribution in [3.05, 3.63) is 42.0 Å². The van der Waals surface area contributed by atoms with E-state index < -0.39 is 0 Å². The summed E-state index contributed by atoms with van der Waals surface area (Å²) in [5.74, 6) is 0.0116. The molecular weight excluding hydrogens is 193 g/mol. The Balaban J connectivity index is 2.59. The van der Waals surface area contributed by atoms with Crippen LogP contribution in [0.5, 0.6) is 0 Å². The molecule has 0 spiro atoms. The van der Waals surface area contributed by atoms with E-state index in [1.807, 2.05) is 13.0 Å². The fourth-order valence-corrected chi connectivity index (χ4v) is 1.44. The second-order valence-electron chi connectivity index (χ2n) is 3.31. The molecule has 1 heterocycles. The zero-order chi connectivity index (χ0) is 10.8. The maximum atomic E-state index is 13.2. The molecular formula is C11H10FN3. The lowest BCUT2D eigenvalue weighted by Crippen LogP contribution is -1.96. The van der Waals surface area contributed by atoms with E-state index in [1.165, 1.54) is 24.5 Å². The van der Waals surface area contributed by atoms with Crippen molar-refractivity contribution in [1.82, 2.24) is 9.97 Å². The van der Waals surface area contributed by atoms with E-state index in [4.69, 9.17) is 5.73 Å². The number of nitrogens with zero attached hydrogens (tertiary/aromatic N) is 2. The zero-order valence-electron chi connectivity index (χ0n) is 8.24. The summed E-state index contributed by atoms with van der Waals surface area (Å²) in [6.07, 6.45) is 3.04. The van der Waals surface area contributed by atoms with Crippen LogP contribution in [0.4, 0.5) is 10.2 Å². The summed E-state index contributed by atoms with van der Waals surface area (Å²) in [7, 11) is 0. The van der Waals surface area contributed by atoms with Gasteiger partial charge < -0.3 is 5.73 Å². The van der Waals surface area contributed by atoms with Gasteiger partial charge in [0.1, 0.15) is 17.3 Å². The summed E-state index contributed by atoms with van der Waals surface area (Å²) in [5, 5.41) is 0. The first-order valence-corrected chi connectivity index (χ1v) is 4.51. The number of anilines is 1. The number of aryl methyl sites for hydroxylation is 1. The van der Waals surface area contributed by atoms with E-state index in [-0.39, 0.29) is 5.82 Å². The van der Waals surface area contributed by atoms with E-state index >= 15 is 0 Å². The molecule has 0 aliphatic carbocycles. The van der Waals surface area contributed by atoms with E-state index in [0.717, 1.165) is 5.56 Å². The van der Waals surface area contributed by atoms with Crippen LogP contribution in [0.15, 0.2) is 30.6 Å². The smallest absolute Gasteiger partial charge is 0.149 e. The number of nitrogen functional groups attached to an aromatic ring is 1. The molecule has 0 aliphatic rings. The van der Waals surface area contributed by atoms with E-state index in [0.29, 0.717) is 17.1 Å². The van der Waals surface area contributed by atoms with Gasteiger partial charge in [0.25, 0.3) is 0 Å². The lowest BCUT2D eigenvalue weighted by molar-refractivity contribution is 0.627. The first kappa shape index (κ1) is 9.58. The number of hydrogen-bond donors (Lipinski definition) is 1. The van der Waals surface area contributed by atoms with Gasteiger partial charge in [0.15, 0.2) is 0 Å². The van der Waals surface area contributed by atoms with Crippen molar-refractivity contribution in [1.29, 1.82) is 0 Å². The Morgan fingerprint density at radius 2 is 1.87 bits per heavy atom. The zero-order valence-corrected chi connectivity index (χ0v) is 8.24. The fraction of sp³-hybridized carbons (Fsp3) is 0.0909. The molecule has 0 bridgehead atoms. The van der Waals surface area contributed by atoms with Gasteiger partial charge in [-0.05, 0) is 30.7 Å². The molecule has 2 rings (SSSR count). The molecule has 4 heteroatoms. The van der Waals surface area contributed by atoms with Gasteiger partial charge >= 0.3 is 0 Å². The Labute approximate surface area is 86.8 Å². The SMILES string of the molecule is Cc1cc(F)cc(-c2nccnc2N)c1. The number of nitrogens with two attached hydrogens (primary N) is 1. The monoisotopic (exact) mass is 203 g/mol. The lowest BCUT2D eigenvalue weighted by Gasteiger charge is -2.04. The molecule has 15 heavy (non-hydrogen) atoms. The molecule has 0 fully saturated rings. The maximum Gasteiger partial charge on any atom is 0.149 e. The third-order valence-corrected chi connectivity index (χ3v) is 2.04. The Morgan fingerprint density at radius 1 is 1.13 bits per heavy atom. The van der Waals surface area contributed by atoms with Crippen molar-refractivity contribution in [2.75, 3.05) is 5.73 Å². The minimum absolute atomic E-state index is 0.296. The van der Waals surface area contributed by atoms with Crippen molar-refractivity contribution in [2.24, 2.45) is 0 Å². The second-order valence-corrected chi connectivity index (χ2v) is 3.31. The number of hydrogen-bond acceptors (Lipinski definition) is 3. The molecule has 76 valence electrons. The van der Waals surface area contributed by atoms with Crippen LogP contribution < -0.4 is 5.73 Å². The summed E-state index contributed by atoms with van der Waals surface area (Å²) < 4.78 is 13.2. The Bertz CT molecular complexity index is 477. The number of halogens is 1. The van der Waals surface area contributed by atoms with Gasteiger partial charge in [-0.3, -0.25) is 4.98 Å². The molecule has 0 amide bonds. The van der Waals surface area contributed by atoms with Gasteiger partial charge in [-0.1, -0.05) is 0 Å². The maximum absolute atomic E-state index is 13.2. The van der Waals surface area contributed by atoms with Crippen molar-refractivity contribution < 1.29 is 4.39 Å². The standard InChI is InChI=1S/C11H10FN3/c1-7-4-8(6-9(12)5-7)10-11(13)15-3-2-14-10/h2-6H,1H3,(H2,13,15). The van der Waals surface area contributed by atoms with Crippen LogP contribution in [0.3, 0.4) is 0 Å². The average molecular weight is 203 g/mol. The van der Waals surface area contributed by atoms with Crippen LogP contribution in [0, 0.1) is 12.7 Å². The van der Waals surface area contributed by atoms with Crippen LogP contribution in [0.2, 0.25) is 0 Å². The van der Waals surface area contributed by atoms with Gasteiger partial charge in [-0.2, -0.15) is 0 Å². The molecule has 3 nitrogen and oxygen atoms in total. The quantitative estimate of drug-likeness (QED) is 0.772. The number of aromatic nitrogens is 2. The molecule has 0 radical (unpaired) electrons. The van der Waals surface area contributed by atoms with E-state index in [1.54, 1.807) is 0 Å². The van der Waals surface area contributed by atoms with Crippen molar-refractivity contribution in [3.63, 3.8) is 0 Å². The van der Waals surface area contributed by atoms with Crippen LogP contribution in [-0.2, 0) is 0 Å². The van der Waals surface area contributed by atoms with E-state index in [9.17, 15) is 4.39 Å². The van der Waals surface area contributed by atoms with Crippen molar-refractivity contribution in [2.45, 2.75) is 6.92 Å². The summed E-state index contributed by atoms with van der Waals surface area (Å²) >= 11 is 0. The average Bonchev–Trinajstić information content (AvgIpc) is 2.16. The molecule has 0 aliphatic heterocycles. The lowest BCUT2D eigenvalue weighted by atomic mass is 10.1. The molecule has 2 aromatic rings. The highest BCUT2D eigenvalue weighted by Crippen LogP contribution is 2.23. The van der Waals surface area contributed by atoms with Gasteiger partial charge in [-0.25, -0.2) is 9.37 Å². The first-order chi connectivity index (χ1) is 7.16. The molecule has 1 aromatic carbocycles. The Hall–Kier alpha value is -1.97. The minimum atomic E-state index is -0.296. The molecule has 0 saturated heterocycles. The molecule has 1 aromatic heterocycles. The largest absolute Gasteiger partial charge is 0.382 e. The molecule has 0 unspecified atom stereocenters. The molecule has 0 saturated carbocycles. The minimum Gasteiger partial charge on any atom is -0.382 e. The van der Waals surface area contributed by atoms with Gasteiger partial charge in [0.2, 0.25) is 0 Å². The van der Waals surface area contributed by atoms with E-state index in [2.05, 4.69) is 9.97 Å². The summed E-state index contributed by atoms with van der Waals surface area (Å²) in [5.41, 5.74) is 7.65. The highest BCUT2D eigenvalue weighted by atomic mass is 19.1. The third kappa shape index (κ3) is 1.93. The molecule has 0 atom stereocenters. The van der Waals surface area contributed by atoms with Gasteiger partial charge in [0, 0.05) is 18.0 Å². The second kappa shape index (κ2) is 3.65. The van der Waals surface area contributed by atoms with Gasteiger partial charge in [-0.15, -0.1) is 0 Å². The predicted octanol–water partition coefficient (Wildman–Crippen LogP) is 2.17. The van der Waals surface area contributed by atoms with Crippen molar-refractivity contribution >= 4 is 5.82 Å². The number of rotatable bonds is 1. The van der Waals surface area contributed by atoms with Crippen molar-refractivity contribution in [3.8, 4) is 11.3 Å². The summed E-state index contributed by atoms with van der Waals surface area (Å²) in [4.78, 5) is 7.98. The fourth-order valence-electron chi connectivity index (χ4n) is 1.44. The predicted molar refractivity (Wildman–Crippen MR) is 56.6 cm³/mol. The summed E-state index contributed by atoms with van der Waals surface area (Å²) in [6.45, 7) is 1.82. The van der Waals surface area contributed by atoms with Crippen LogP contribution in [-0.4, -0.2) is 9.97 Å². The Kier molecular flexibility index (Phi) is 2.33. The topological polar surface area (TPSA) is 51.8 Å². The highest BCUT2D eigenvalue weighted by molar-refractivity contribution is 5.69. The van der Waals surface area contributed by atoms with Crippen LogP contribution >= 0.6 is 0 Å². The normalized spacial score (nSPS) is 10.3. The number of benzene rings is 1. The first-order valence-electron chi connectivity index (χ1n) is 4.51. The summed E-state index contributed by atoms with van der Waals surface area (Å²) in [6, 6.07) is 4.67. The Morgan fingerprint density at radius 3 is 2.53 bits per heavy atom. The van der Waals surface area contributed by atoms with Gasteiger partial charge in [0.05, 0.1) is 0 Å². The third-order valence-electron chi connectivity index (χ3n) is 2.04. The van der Waals surface area contributed by atoms with Crippen LogP contribution in [0.25, 0.3) is 11.3 Å².